The Morgan fingerprint density at radius 3 is 2.24 bits per heavy atom. The first-order valence-electron chi connectivity index (χ1n) is 14.1. The normalized spacial score (nSPS) is 11.4. The number of aromatic hydroxyl groups is 1. The second-order valence-electron chi connectivity index (χ2n) is 10.6. The lowest BCUT2D eigenvalue weighted by Crippen LogP contribution is -2.27. The molecule has 0 saturated carbocycles. The SMILES string of the molecule is CCc1cccc(CC)c1-n1c(-c2ccn(C(C)C)n2)nc(O)c(Cc2ccc(-c3cccn(C)c3=O)c(F)c2)c1=O. The van der Waals surface area contributed by atoms with E-state index in [1.165, 1.54) is 21.3 Å². The molecule has 9 heteroatoms. The first kappa shape index (κ1) is 28.7. The number of benzene rings is 2. The summed E-state index contributed by atoms with van der Waals surface area (Å²) in [6.45, 7) is 8.05. The molecule has 0 aliphatic rings. The molecule has 2 aromatic carbocycles. The van der Waals surface area contributed by atoms with Crippen molar-refractivity contribution in [2.45, 2.75) is 53.0 Å². The highest BCUT2D eigenvalue weighted by atomic mass is 19.1. The van der Waals surface area contributed by atoms with Crippen LogP contribution in [0.5, 0.6) is 5.88 Å². The lowest BCUT2D eigenvalue weighted by molar-refractivity contribution is 0.443. The number of hydrogen-bond acceptors (Lipinski definition) is 5. The van der Waals surface area contributed by atoms with E-state index in [0.29, 0.717) is 24.1 Å². The van der Waals surface area contributed by atoms with Crippen molar-refractivity contribution in [3.05, 3.63) is 116 Å². The van der Waals surface area contributed by atoms with Gasteiger partial charge in [0, 0.05) is 37.5 Å². The van der Waals surface area contributed by atoms with Crippen LogP contribution in [0.1, 0.15) is 56.0 Å². The molecule has 0 bridgehead atoms. The van der Waals surface area contributed by atoms with E-state index in [-0.39, 0.29) is 40.5 Å². The highest BCUT2D eigenvalue weighted by Crippen LogP contribution is 2.29. The zero-order valence-corrected chi connectivity index (χ0v) is 24.4. The van der Waals surface area contributed by atoms with Gasteiger partial charge in [0.05, 0.1) is 16.8 Å². The summed E-state index contributed by atoms with van der Waals surface area (Å²) >= 11 is 0. The maximum absolute atomic E-state index is 15.3. The van der Waals surface area contributed by atoms with Crippen molar-refractivity contribution in [2.24, 2.45) is 7.05 Å². The van der Waals surface area contributed by atoms with E-state index in [4.69, 9.17) is 0 Å². The van der Waals surface area contributed by atoms with Crippen LogP contribution >= 0.6 is 0 Å². The van der Waals surface area contributed by atoms with E-state index in [9.17, 15) is 14.7 Å². The van der Waals surface area contributed by atoms with Gasteiger partial charge in [-0.1, -0.05) is 44.2 Å². The molecule has 1 N–H and O–H groups in total. The highest BCUT2D eigenvalue weighted by Gasteiger charge is 2.24. The summed E-state index contributed by atoms with van der Waals surface area (Å²) < 4.78 is 20.0. The Balaban J connectivity index is 1.69. The minimum atomic E-state index is -0.594. The van der Waals surface area contributed by atoms with Crippen LogP contribution in [-0.2, 0) is 26.3 Å². The smallest absolute Gasteiger partial charge is 0.265 e. The van der Waals surface area contributed by atoms with Gasteiger partial charge < -0.3 is 9.67 Å². The van der Waals surface area contributed by atoms with E-state index in [2.05, 4.69) is 10.1 Å². The van der Waals surface area contributed by atoms with Crippen molar-refractivity contribution < 1.29 is 9.50 Å². The number of halogens is 1. The van der Waals surface area contributed by atoms with Gasteiger partial charge in [-0.05, 0) is 67.6 Å². The van der Waals surface area contributed by atoms with Crippen molar-refractivity contribution in [3.8, 4) is 34.2 Å². The van der Waals surface area contributed by atoms with Gasteiger partial charge in [-0.15, -0.1) is 0 Å². The summed E-state index contributed by atoms with van der Waals surface area (Å²) in [4.78, 5) is 31.4. The molecule has 5 rings (SSSR count). The Kier molecular flexibility index (Phi) is 7.93. The maximum Gasteiger partial charge on any atom is 0.265 e. The second kappa shape index (κ2) is 11.6. The van der Waals surface area contributed by atoms with Gasteiger partial charge in [0.2, 0.25) is 5.88 Å². The molecule has 0 aliphatic heterocycles. The monoisotopic (exact) mass is 567 g/mol. The topological polar surface area (TPSA) is 94.9 Å². The van der Waals surface area contributed by atoms with E-state index in [1.807, 2.05) is 52.1 Å². The molecule has 8 nitrogen and oxygen atoms in total. The molecule has 0 saturated heterocycles. The minimum absolute atomic E-state index is 0.0396. The fourth-order valence-electron chi connectivity index (χ4n) is 5.22. The summed E-state index contributed by atoms with van der Waals surface area (Å²) in [5.74, 6) is -0.791. The van der Waals surface area contributed by atoms with Crippen molar-refractivity contribution >= 4 is 0 Å². The predicted octanol–water partition coefficient (Wildman–Crippen LogP) is 5.60. The van der Waals surface area contributed by atoms with Crippen LogP contribution in [0.3, 0.4) is 0 Å². The molecular formula is C33H34FN5O3. The van der Waals surface area contributed by atoms with Crippen LogP contribution in [0, 0.1) is 5.82 Å². The van der Waals surface area contributed by atoms with Crippen LogP contribution < -0.4 is 11.1 Å². The van der Waals surface area contributed by atoms with Crippen LogP contribution in [0.2, 0.25) is 0 Å². The largest absolute Gasteiger partial charge is 0.493 e. The van der Waals surface area contributed by atoms with E-state index < -0.39 is 17.3 Å². The fraction of sp³-hybridized carbons (Fsp3) is 0.273. The molecule has 5 aromatic rings. The minimum Gasteiger partial charge on any atom is -0.493 e. The van der Waals surface area contributed by atoms with Crippen molar-refractivity contribution in [1.82, 2.24) is 23.9 Å². The summed E-state index contributed by atoms with van der Waals surface area (Å²) in [5.41, 5.74) is 3.23. The Labute approximate surface area is 243 Å². The molecule has 0 fully saturated rings. The van der Waals surface area contributed by atoms with Crippen molar-refractivity contribution in [1.29, 1.82) is 0 Å². The Bertz CT molecular complexity index is 1880. The summed E-state index contributed by atoms with van der Waals surface area (Å²) in [7, 11) is 1.61. The lowest BCUT2D eigenvalue weighted by Gasteiger charge is -2.20. The van der Waals surface area contributed by atoms with Gasteiger partial charge in [-0.2, -0.15) is 10.1 Å². The average Bonchev–Trinajstić information content (AvgIpc) is 3.47. The number of para-hydroxylation sites is 1. The Morgan fingerprint density at radius 1 is 0.905 bits per heavy atom. The number of aryl methyl sites for hydroxylation is 3. The summed E-state index contributed by atoms with van der Waals surface area (Å²) in [6, 6.07) is 15.5. The third-order valence-corrected chi connectivity index (χ3v) is 7.54. The molecule has 0 amide bonds. The van der Waals surface area contributed by atoms with Gasteiger partial charge in [0.1, 0.15) is 11.5 Å². The lowest BCUT2D eigenvalue weighted by atomic mass is 10.00. The van der Waals surface area contributed by atoms with Gasteiger partial charge >= 0.3 is 0 Å². The molecule has 0 unspecified atom stereocenters. The summed E-state index contributed by atoms with van der Waals surface area (Å²) in [5, 5.41) is 15.8. The number of pyridine rings is 1. The summed E-state index contributed by atoms with van der Waals surface area (Å²) in [6.07, 6.45) is 4.72. The van der Waals surface area contributed by atoms with Gasteiger partial charge in [0.25, 0.3) is 11.1 Å². The van der Waals surface area contributed by atoms with Gasteiger partial charge in [-0.3, -0.25) is 18.8 Å². The third kappa shape index (κ3) is 5.18. The van der Waals surface area contributed by atoms with E-state index in [0.717, 1.165) is 16.8 Å². The molecule has 0 aliphatic carbocycles. The zero-order valence-electron chi connectivity index (χ0n) is 24.4. The standard InChI is InChI=1S/C33H34FN5O3/c1-6-22-10-8-11-23(7-2)29(22)39-30(28-15-17-38(36-28)20(3)4)35-31(40)26(33(39)42)18-21-13-14-24(27(34)19-21)25-12-9-16-37(5)32(25)41/h8-17,19-20,40H,6-7,18H2,1-5H3. The first-order valence-corrected chi connectivity index (χ1v) is 14.1. The third-order valence-electron chi connectivity index (χ3n) is 7.54. The Hall–Kier alpha value is -4.79. The van der Waals surface area contributed by atoms with Crippen LogP contribution in [0.4, 0.5) is 4.39 Å². The van der Waals surface area contributed by atoms with Crippen LogP contribution in [0.25, 0.3) is 28.3 Å². The molecule has 3 aromatic heterocycles. The van der Waals surface area contributed by atoms with Gasteiger partial charge in [0.15, 0.2) is 5.82 Å². The predicted molar refractivity (Wildman–Crippen MR) is 162 cm³/mol. The molecule has 42 heavy (non-hydrogen) atoms. The maximum atomic E-state index is 15.3. The zero-order chi connectivity index (χ0) is 30.1. The van der Waals surface area contributed by atoms with E-state index >= 15 is 4.39 Å². The first-order chi connectivity index (χ1) is 20.1. The molecule has 0 spiro atoms. The molecule has 0 radical (unpaired) electrons. The van der Waals surface area contributed by atoms with Crippen LogP contribution in [-0.4, -0.2) is 29.0 Å². The fourth-order valence-corrected chi connectivity index (χ4v) is 5.22. The van der Waals surface area contributed by atoms with Crippen molar-refractivity contribution in [3.63, 3.8) is 0 Å². The van der Waals surface area contributed by atoms with Crippen LogP contribution in [0.15, 0.2) is 76.6 Å². The Morgan fingerprint density at radius 2 is 1.62 bits per heavy atom. The number of hydrogen-bond donors (Lipinski definition) is 1. The molecule has 0 atom stereocenters. The van der Waals surface area contributed by atoms with Gasteiger partial charge in [-0.25, -0.2) is 4.39 Å². The van der Waals surface area contributed by atoms with Crippen molar-refractivity contribution in [2.75, 3.05) is 0 Å². The number of aromatic nitrogens is 5. The van der Waals surface area contributed by atoms with E-state index in [1.54, 1.807) is 42.2 Å². The molecule has 3 heterocycles. The highest BCUT2D eigenvalue weighted by molar-refractivity contribution is 5.64. The quantitative estimate of drug-likeness (QED) is 0.263. The second-order valence-corrected chi connectivity index (χ2v) is 10.6. The molecule has 216 valence electrons. The number of nitrogens with zero attached hydrogens (tertiary/aromatic N) is 5. The average molecular weight is 568 g/mol. The molecular weight excluding hydrogens is 533 g/mol. The number of rotatable bonds is 8.